The van der Waals surface area contributed by atoms with Crippen LogP contribution in [-0.2, 0) is 4.79 Å². The van der Waals surface area contributed by atoms with Crippen molar-refractivity contribution in [3.8, 4) is 0 Å². The maximum absolute atomic E-state index is 11.6. The molecule has 2 fully saturated rings. The molecule has 4 heteroatoms. The second-order valence-electron chi connectivity index (χ2n) is 3.87. The van der Waals surface area contributed by atoms with E-state index in [1.54, 1.807) is 0 Å². The van der Waals surface area contributed by atoms with Gasteiger partial charge in [0.25, 0.3) is 0 Å². The lowest BCUT2D eigenvalue weighted by atomic mass is 10.2. The highest BCUT2D eigenvalue weighted by molar-refractivity contribution is 5.79. The van der Waals surface area contributed by atoms with Gasteiger partial charge in [0.1, 0.15) is 0 Å². The molecule has 0 aromatic rings. The smallest absolute Gasteiger partial charge is 0.237 e. The highest BCUT2D eigenvalue weighted by Crippen LogP contribution is 2.19. The molecule has 0 spiro atoms. The molecule has 74 valence electrons. The molecule has 2 saturated heterocycles. The second-order valence-corrected chi connectivity index (χ2v) is 3.87. The number of hydrogen-bond donors (Lipinski definition) is 1. The van der Waals surface area contributed by atoms with E-state index in [4.69, 9.17) is 0 Å². The van der Waals surface area contributed by atoms with Gasteiger partial charge in [-0.1, -0.05) is 0 Å². The summed E-state index contributed by atoms with van der Waals surface area (Å²) in [6.07, 6.45) is 2.73. The summed E-state index contributed by atoms with van der Waals surface area (Å²) in [5.74, 6) is 0.255. The number of hydrogen-bond acceptors (Lipinski definition) is 3. The third kappa shape index (κ3) is 1.69. The van der Waals surface area contributed by atoms with Gasteiger partial charge in [-0.2, -0.15) is 0 Å². The molecule has 0 aliphatic carbocycles. The van der Waals surface area contributed by atoms with Crippen molar-refractivity contribution in [3.63, 3.8) is 0 Å². The molecule has 1 unspecified atom stereocenters. The fourth-order valence-corrected chi connectivity index (χ4v) is 2.22. The molecule has 0 aromatic heterocycles. The van der Waals surface area contributed by atoms with Gasteiger partial charge < -0.3 is 10.2 Å². The molecule has 1 atom stereocenters. The van der Waals surface area contributed by atoms with Crippen molar-refractivity contribution < 1.29 is 4.79 Å². The molecule has 0 radical (unpaired) electrons. The Labute approximate surface area is 78.9 Å². The molecule has 0 aromatic carbocycles. The van der Waals surface area contributed by atoms with E-state index in [1.165, 1.54) is 6.42 Å². The number of nitrogens with one attached hydrogen (secondary N) is 1. The number of piperazine rings is 1. The van der Waals surface area contributed by atoms with Gasteiger partial charge in [0.15, 0.2) is 0 Å². The predicted molar refractivity (Wildman–Crippen MR) is 50.2 cm³/mol. The first kappa shape index (κ1) is 8.97. The summed E-state index contributed by atoms with van der Waals surface area (Å²) in [6.45, 7) is 3.45. The van der Waals surface area contributed by atoms with E-state index in [-0.39, 0.29) is 5.91 Å². The molecule has 4 nitrogen and oxygen atoms in total. The molecule has 0 bridgehead atoms. The maximum atomic E-state index is 11.6. The van der Waals surface area contributed by atoms with Crippen LogP contribution >= 0.6 is 0 Å². The first-order valence-corrected chi connectivity index (χ1v) is 4.99. The topological polar surface area (TPSA) is 35.6 Å². The lowest BCUT2D eigenvalue weighted by Gasteiger charge is -2.36. The minimum absolute atomic E-state index is 0.255. The van der Waals surface area contributed by atoms with Gasteiger partial charge in [0, 0.05) is 13.1 Å². The Hall–Kier alpha value is -0.610. The van der Waals surface area contributed by atoms with Gasteiger partial charge in [-0.3, -0.25) is 9.69 Å². The Morgan fingerprint density at radius 3 is 2.92 bits per heavy atom. The summed E-state index contributed by atoms with van der Waals surface area (Å²) < 4.78 is 0. The van der Waals surface area contributed by atoms with Crippen LogP contribution < -0.4 is 5.32 Å². The predicted octanol–water partition coefficient (Wildman–Crippen LogP) is -0.530. The van der Waals surface area contributed by atoms with E-state index in [9.17, 15) is 4.79 Å². The standard InChI is InChI=1S/C9H17N3O/c1-11-5-2-3-8(11)12-6-4-10-7-9(12)13/h8,10H,2-7H2,1H3. The zero-order valence-electron chi connectivity index (χ0n) is 8.12. The highest BCUT2D eigenvalue weighted by Gasteiger charge is 2.31. The average Bonchev–Trinajstić information content (AvgIpc) is 2.52. The molecule has 1 N–H and O–H groups in total. The second kappa shape index (κ2) is 3.64. The SMILES string of the molecule is CN1CCCC1N1CCNCC1=O. The highest BCUT2D eigenvalue weighted by atomic mass is 16.2. The normalized spacial score (nSPS) is 31.3. The van der Waals surface area contributed by atoms with Crippen molar-refractivity contribution in [1.29, 1.82) is 0 Å². The van der Waals surface area contributed by atoms with Crippen LogP contribution in [0.3, 0.4) is 0 Å². The molecule has 0 saturated carbocycles. The van der Waals surface area contributed by atoms with Crippen LogP contribution in [0.1, 0.15) is 12.8 Å². The van der Waals surface area contributed by atoms with Crippen molar-refractivity contribution >= 4 is 5.91 Å². The zero-order chi connectivity index (χ0) is 9.26. The number of nitrogens with zero attached hydrogens (tertiary/aromatic N) is 2. The Morgan fingerprint density at radius 2 is 2.31 bits per heavy atom. The third-order valence-electron chi connectivity index (χ3n) is 2.97. The molecular formula is C9H17N3O. The Kier molecular flexibility index (Phi) is 2.51. The number of likely N-dealkylation sites (tertiary alicyclic amines) is 1. The monoisotopic (exact) mass is 183 g/mol. The van der Waals surface area contributed by atoms with Crippen LogP contribution in [0.15, 0.2) is 0 Å². The first-order chi connectivity index (χ1) is 6.29. The lowest BCUT2D eigenvalue weighted by Crippen LogP contribution is -2.55. The van der Waals surface area contributed by atoms with Gasteiger partial charge in [-0.25, -0.2) is 0 Å². The van der Waals surface area contributed by atoms with Crippen molar-refractivity contribution in [2.75, 3.05) is 33.2 Å². The Morgan fingerprint density at radius 1 is 1.46 bits per heavy atom. The molecule has 2 rings (SSSR count). The maximum Gasteiger partial charge on any atom is 0.237 e. The summed E-state index contributed by atoms with van der Waals surface area (Å²) in [4.78, 5) is 15.9. The zero-order valence-corrected chi connectivity index (χ0v) is 8.12. The van der Waals surface area contributed by atoms with E-state index in [1.807, 2.05) is 4.90 Å². The molecule has 13 heavy (non-hydrogen) atoms. The third-order valence-corrected chi connectivity index (χ3v) is 2.97. The van der Waals surface area contributed by atoms with Gasteiger partial charge in [-0.15, -0.1) is 0 Å². The summed E-state index contributed by atoms with van der Waals surface area (Å²) in [5.41, 5.74) is 0. The summed E-state index contributed by atoms with van der Waals surface area (Å²) in [6, 6.07) is 0. The van der Waals surface area contributed by atoms with Crippen molar-refractivity contribution in [2.24, 2.45) is 0 Å². The molecule has 2 aliphatic rings. The largest absolute Gasteiger partial charge is 0.325 e. The van der Waals surface area contributed by atoms with E-state index in [0.717, 1.165) is 26.1 Å². The van der Waals surface area contributed by atoms with Gasteiger partial charge in [-0.05, 0) is 26.4 Å². The van der Waals surface area contributed by atoms with Crippen LogP contribution in [-0.4, -0.2) is 55.1 Å². The van der Waals surface area contributed by atoms with Crippen molar-refractivity contribution in [2.45, 2.75) is 19.0 Å². The summed E-state index contributed by atoms with van der Waals surface area (Å²) in [5, 5.41) is 3.09. The number of carbonyl (C=O) groups is 1. The number of amides is 1. The van der Waals surface area contributed by atoms with E-state index >= 15 is 0 Å². The summed E-state index contributed by atoms with van der Waals surface area (Å²) >= 11 is 0. The van der Waals surface area contributed by atoms with Crippen LogP contribution in [0.25, 0.3) is 0 Å². The van der Waals surface area contributed by atoms with E-state index < -0.39 is 0 Å². The number of rotatable bonds is 1. The quantitative estimate of drug-likeness (QED) is 0.593. The minimum Gasteiger partial charge on any atom is -0.325 e. The minimum atomic E-state index is 0.255. The van der Waals surface area contributed by atoms with Crippen molar-refractivity contribution in [1.82, 2.24) is 15.1 Å². The van der Waals surface area contributed by atoms with Crippen LogP contribution in [0.4, 0.5) is 0 Å². The van der Waals surface area contributed by atoms with E-state index in [0.29, 0.717) is 12.7 Å². The van der Waals surface area contributed by atoms with E-state index in [2.05, 4.69) is 17.3 Å². The van der Waals surface area contributed by atoms with Crippen molar-refractivity contribution in [3.05, 3.63) is 0 Å². The molecule has 1 amide bonds. The number of carbonyl (C=O) groups excluding carboxylic acids is 1. The van der Waals surface area contributed by atoms with Gasteiger partial charge in [0.2, 0.25) is 5.91 Å². The fourth-order valence-electron chi connectivity index (χ4n) is 2.22. The summed E-state index contributed by atoms with van der Waals surface area (Å²) in [7, 11) is 2.10. The molecule has 2 aliphatic heterocycles. The first-order valence-electron chi connectivity index (χ1n) is 4.99. The Bertz CT molecular complexity index is 207. The van der Waals surface area contributed by atoms with Gasteiger partial charge in [0.05, 0.1) is 12.7 Å². The van der Waals surface area contributed by atoms with Gasteiger partial charge >= 0.3 is 0 Å². The molecular weight excluding hydrogens is 166 g/mol. The average molecular weight is 183 g/mol. The van der Waals surface area contributed by atoms with Crippen LogP contribution in [0, 0.1) is 0 Å². The van der Waals surface area contributed by atoms with Crippen LogP contribution in [0.2, 0.25) is 0 Å². The Balaban J connectivity index is 2.01. The lowest BCUT2D eigenvalue weighted by molar-refractivity contribution is -0.137. The van der Waals surface area contributed by atoms with Crippen LogP contribution in [0.5, 0.6) is 0 Å². The molecule has 2 heterocycles. The fraction of sp³-hybridized carbons (Fsp3) is 0.889.